The molecule has 1 unspecified atom stereocenters. The third kappa shape index (κ3) is 4.15. The first-order chi connectivity index (χ1) is 8.35. The smallest absolute Gasteiger partial charge is 0.304 e. The number of nitrogens with zero attached hydrogens (tertiary/aromatic N) is 1. The van der Waals surface area contributed by atoms with Crippen LogP contribution in [0.25, 0.3) is 0 Å². The van der Waals surface area contributed by atoms with E-state index in [1.54, 1.807) is 17.8 Å². The molecule has 0 amide bonds. The molecule has 1 atom stereocenters. The SMILES string of the molecule is CCCC(CC(=O)O)NS(=O)(=O)c1ccn(C)c1. The molecule has 102 valence electrons. The molecule has 1 heterocycles. The summed E-state index contributed by atoms with van der Waals surface area (Å²) < 4.78 is 28.0. The number of aromatic nitrogens is 1. The second-order valence-corrected chi connectivity index (χ2v) is 5.93. The number of carboxylic acid groups (broad SMARTS) is 1. The van der Waals surface area contributed by atoms with E-state index in [1.165, 1.54) is 12.3 Å². The number of hydrogen-bond donors (Lipinski definition) is 2. The normalized spacial score (nSPS) is 13.4. The highest BCUT2D eigenvalue weighted by molar-refractivity contribution is 7.89. The van der Waals surface area contributed by atoms with Gasteiger partial charge in [-0.1, -0.05) is 13.3 Å². The van der Waals surface area contributed by atoms with Crippen LogP contribution < -0.4 is 4.72 Å². The third-order valence-electron chi connectivity index (χ3n) is 2.50. The zero-order chi connectivity index (χ0) is 13.8. The highest BCUT2D eigenvalue weighted by Crippen LogP contribution is 2.12. The van der Waals surface area contributed by atoms with E-state index in [9.17, 15) is 13.2 Å². The van der Waals surface area contributed by atoms with Gasteiger partial charge in [-0.05, 0) is 12.5 Å². The Morgan fingerprint density at radius 2 is 2.22 bits per heavy atom. The van der Waals surface area contributed by atoms with Crippen molar-refractivity contribution >= 4 is 16.0 Å². The van der Waals surface area contributed by atoms with Crippen LogP contribution in [0.1, 0.15) is 26.2 Å². The largest absolute Gasteiger partial charge is 0.481 e. The number of carbonyl (C=O) groups is 1. The van der Waals surface area contributed by atoms with E-state index in [2.05, 4.69) is 4.72 Å². The Balaban J connectivity index is 2.82. The lowest BCUT2D eigenvalue weighted by Gasteiger charge is -2.15. The van der Waals surface area contributed by atoms with Crippen molar-refractivity contribution in [3.8, 4) is 0 Å². The second kappa shape index (κ2) is 6.01. The number of carboxylic acids is 1. The van der Waals surface area contributed by atoms with Crippen molar-refractivity contribution in [2.75, 3.05) is 0 Å². The van der Waals surface area contributed by atoms with E-state index in [4.69, 9.17) is 5.11 Å². The Labute approximate surface area is 107 Å². The van der Waals surface area contributed by atoms with Gasteiger partial charge in [-0.25, -0.2) is 13.1 Å². The fraction of sp³-hybridized carbons (Fsp3) is 0.545. The van der Waals surface area contributed by atoms with Crippen LogP contribution in [0.5, 0.6) is 0 Å². The lowest BCUT2D eigenvalue weighted by molar-refractivity contribution is -0.137. The Kier molecular flexibility index (Phi) is 4.92. The molecule has 0 spiro atoms. The molecule has 0 saturated heterocycles. The molecule has 0 aliphatic carbocycles. The molecule has 0 aliphatic rings. The summed E-state index contributed by atoms with van der Waals surface area (Å²) in [5, 5.41) is 8.74. The summed E-state index contributed by atoms with van der Waals surface area (Å²) in [6.45, 7) is 1.88. The maximum Gasteiger partial charge on any atom is 0.304 e. The Morgan fingerprint density at radius 1 is 1.56 bits per heavy atom. The number of hydrogen-bond acceptors (Lipinski definition) is 3. The molecule has 2 N–H and O–H groups in total. The summed E-state index contributed by atoms with van der Waals surface area (Å²) in [6, 6.07) is 0.907. The van der Waals surface area contributed by atoms with E-state index in [1.807, 2.05) is 6.92 Å². The molecule has 0 fully saturated rings. The molecule has 0 aromatic carbocycles. The van der Waals surface area contributed by atoms with Crippen molar-refractivity contribution in [2.24, 2.45) is 7.05 Å². The minimum Gasteiger partial charge on any atom is -0.481 e. The maximum atomic E-state index is 12.0. The van der Waals surface area contributed by atoms with Gasteiger partial charge in [0.1, 0.15) is 0 Å². The van der Waals surface area contributed by atoms with Gasteiger partial charge in [-0.3, -0.25) is 4.79 Å². The van der Waals surface area contributed by atoms with E-state index in [-0.39, 0.29) is 11.3 Å². The fourth-order valence-electron chi connectivity index (χ4n) is 1.69. The molecule has 6 nitrogen and oxygen atoms in total. The molecule has 1 aromatic rings. The first-order valence-corrected chi connectivity index (χ1v) is 7.19. The summed E-state index contributed by atoms with van der Waals surface area (Å²) in [4.78, 5) is 10.8. The Hall–Kier alpha value is -1.34. The summed E-state index contributed by atoms with van der Waals surface area (Å²) in [7, 11) is -1.92. The van der Waals surface area contributed by atoms with Crippen molar-refractivity contribution in [3.05, 3.63) is 18.5 Å². The average molecular weight is 274 g/mol. The van der Waals surface area contributed by atoms with Crippen LogP contribution in [0.15, 0.2) is 23.4 Å². The first-order valence-electron chi connectivity index (χ1n) is 5.71. The minimum absolute atomic E-state index is 0.150. The predicted molar refractivity (Wildman–Crippen MR) is 66.7 cm³/mol. The van der Waals surface area contributed by atoms with E-state index in [0.29, 0.717) is 6.42 Å². The van der Waals surface area contributed by atoms with Crippen molar-refractivity contribution in [1.29, 1.82) is 0 Å². The number of nitrogens with one attached hydrogen (secondary N) is 1. The fourth-order valence-corrected chi connectivity index (χ4v) is 3.01. The highest BCUT2D eigenvalue weighted by Gasteiger charge is 2.22. The van der Waals surface area contributed by atoms with Gasteiger partial charge in [0.25, 0.3) is 0 Å². The topological polar surface area (TPSA) is 88.4 Å². The monoisotopic (exact) mass is 274 g/mol. The van der Waals surface area contributed by atoms with E-state index < -0.39 is 22.0 Å². The molecule has 0 radical (unpaired) electrons. The van der Waals surface area contributed by atoms with E-state index in [0.717, 1.165) is 6.42 Å². The molecule has 0 bridgehead atoms. The van der Waals surface area contributed by atoms with Crippen LogP contribution in [0.3, 0.4) is 0 Å². The third-order valence-corrected chi connectivity index (χ3v) is 4.00. The van der Waals surface area contributed by atoms with Gasteiger partial charge >= 0.3 is 5.97 Å². The van der Waals surface area contributed by atoms with Gasteiger partial charge < -0.3 is 9.67 Å². The molecule has 1 rings (SSSR count). The summed E-state index contributed by atoms with van der Waals surface area (Å²) >= 11 is 0. The summed E-state index contributed by atoms with van der Waals surface area (Å²) in [5.74, 6) is -1.01. The standard InChI is InChI=1S/C11H18N2O4S/c1-3-4-9(7-11(14)15)12-18(16,17)10-5-6-13(2)8-10/h5-6,8-9,12H,3-4,7H2,1-2H3,(H,14,15). The molecular weight excluding hydrogens is 256 g/mol. The molecule has 1 aromatic heterocycles. The molecular formula is C11H18N2O4S. The van der Waals surface area contributed by atoms with Crippen LogP contribution in [-0.2, 0) is 21.9 Å². The summed E-state index contributed by atoms with van der Waals surface area (Å²) in [6.07, 6.45) is 4.11. The first kappa shape index (κ1) is 14.7. The van der Waals surface area contributed by atoms with Gasteiger partial charge in [-0.2, -0.15) is 0 Å². The van der Waals surface area contributed by atoms with Crippen molar-refractivity contribution in [3.63, 3.8) is 0 Å². The van der Waals surface area contributed by atoms with Crippen LogP contribution >= 0.6 is 0 Å². The zero-order valence-electron chi connectivity index (χ0n) is 10.5. The quantitative estimate of drug-likeness (QED) is 0.774. The molecule has 0 saturated carbocycles. The lowest BCUT2D eigenvalue weighted by atomic mass is 10.1. The van der Waals surface area contributed by atoms with Crippen molar-refractivity contribution in [1.82, 2.24) is 9.29 Å². The van der Waals surface area contributed by atoms with Gasteiger partial charge in [0.2, 0.25) is 10.0 Å². The van der Waals surface area contributed by atoms with Crippen molar-refractivity contribution in [2.45, 2.75) is 37.1 Å². The number of sulfonamides is 1. The Bertz CT molecular complexity index is 507. The van der Waals surface area contributed by atoms with Gasteiger partial charge in [0.15, 0.2) is 0 Å². The average Bonchev–Trinajstić information content (AvgIpc) is 2.64. The van der Waals surface area contributed by atoms with Crippen LogP contribution in [0.2, 0.25) is 0 Å². The van der Waals surface area contributed by atoms with Crippen LogP contribution in [0.4, 0.5) is 0 Å². The number of aryl methyl sites for hydroxylation is 1. The van der Waals surface area contributed by atoms with E-state index >= 15 is 0 Å². The second-order valence-electron chi connectivity index (χ2n) is 4.22. The van der Waals surface area contributed by atoms with Gasteiger partial charge in [0, 0.05) is 25.5 Å². The maximum absolute atomic E-state index is 12.0. The highest BCUT2D eigenvalue weighted by atomic mass is 32.2. The predicted octanol–water partition coefficient (Wildman–Crippen LogP) is 0.947. The number of rotatable bonds is 7. The Morgan fingerprint density at radius 3 is 2.67 bits per heavy atom. The van der Waals surface area contributed by atoms with Crippen LogP contribution in [-0.4, -0.2) is 30.1 Å². The lowest BCUT2D eigenvalue weighted by Crippen LogP contribution is -2.36. The summed E-state index contributed by atoms with van der Waals surface area (Å²) in [5.41, 5.74) is 0. The van der Waals surface area contributed by atoms with Crippen LogP contribution in [0, 0.1) is 0 Å². The van der Waals surface area contributed by atoms with Gasteiger partial charge in [-0.15, -0.1) is 0 Å². The molecule has 7 heteroatoms. The minimum atomic E-state index is -3.64. The molecule has 18 heavy (non-hydrogen) atoms. The van der Waals surface area contributed by atoms with Crippen molar-refractivity contribution < 1.29 is 18.3 Å². The van der Waals surface area contributed by atoms with Gasteiger partial charge in [0.05, 0.1) is 11.3 Å². The zero-order valence-corrected chi connectivity index (χ0v) is 11.3. The molecule has 0 aliphatic heterocycles. The number of aliphatic carboxylic acids is 1.